The summed E-state index contributed by atoms with van der Waals surface area (Å²) in [5.41, 5.74) is 1.55. The van der Waals surface area contributed by atoms with Crippen molar-refractivity contribution < 1.29 is 9.21 Å². The van der Waals surface area contributed by atoms with Gasteiger partial charge in [0.05, 0.1) is 11.6 Å². The monoisotopic (exact) mass is 353 g/mol. The molecule has 0 aliphatic carbocycles. The fourth-order valence-electron chi connectivity index (χ4n) is 2.13. The van der Waals surface area contributed by atoms with Crippen molar-refractivity contribution in [3.05, 3.63) is 51.4 Å². The molecule has 2 aromatic rings. The summed E-state index contributed by atoms with van der Waals surface area (Å²) in [6.45, 7) is 5.73. The van der Waals surface area contributed by atoms with Crippen molar-refractivity contribution in [2.45, 2.75) is 31.7 Å². The Kier molecular flexibility index (Phi) is 4.60. The fraction of sp³-hybridized carbons (Fsp3) is 0.267. The number of nitrogens with one attached hydrogen (secondary N) is 1. The molecule has 0 bridgehead atoms. The first-order valence-corrected chi connectivity index (χ1v) is 7.49. The zero-order chi connectivity index (χ0) is 14.9. The summed E-state index contributed by atoms with van der Waals surface area (Å²) >= 11 is 7.68. The minimum Gasteiger partial charge on any atom is -0.466 e. The van der Waals surface area contributed by atoms with E-state index in [9.17, 15) is 4.79 Å². The van der Waals surface area contributed by atoms with Gasteiger partial charge in [0.1, 0.15) is 11.5 Å². The molecular weight excluding hydrogens is 338 g/mol. The predicted molar refractivity (Wildman–Crippen MR) is 85.5 cm³/mol. The van der Waals surface area contributed by atoms with Crippen LogP contribution in [-0.4, -0.2) is 5.91 Å². The van der Waals surface area contributed by atoms with Gasteiger partial charge in [0, 0.05) is 14.9 Å². The van der Waals surface area contributed by atoms with Crippen LogP contribution >= 0.6 is 28.6 Å². The lowest BCUT2D eigenvalue weighted by Gasteiger charge is -2.14. The van der Waals surface area contributed by atoms with E-state index in [0.29, 0.717) is 10.5 Å². The van der Waals surface area contributed by atoms with Crippen LogP contribution in [-0.2, 0) is 0 Å². The highest BCUT2D eigenvalue weighted by molar-refractivity contribution is 9.10. The van der Waals surface area contributed by atoms with E-state index in [4.69, 9.17) is 4.42 Å². The van der Waals surface area contributed by atoms with E-state index >= 15 is 0 Å². The van der Waals surface area contributed by atoms with Crippen LogP contribution in [0, 0.1) is 13.8 Å². The van der Waals surface area contributed by atoms with E-state index in [1.165, 1.54) is 0 Å². The van der Waals surface area contributed by atoms with Gasteiger partial charge < -0.3 is 9.73 Å². The maximum absolute atomic E-state index is 12.3. The highest BCUT2D eigenvalue weighted by Gasteiger charge is 2.17. The number of carbonyl (C=O) groups excluding carboxylic acids is 1. The van der Waals surface area contributed by atoms with E-state index in [1.54, 1.807) is 12.1 Å². The second kappa shape index (κ2) is 6.06. The van der Waals surface area contributed by atoms with Gasteiger partial charge in [0.15, 0.2) is 0 Å². The zero-order valence-corrected chi connectivity index (χ0v) is 14.0. The van der Waals surface area contributed by atoms with Gasteiger partial charge in [-0.15, -0.1) is 12.6 Å². The molecule has 1 aromatic heterocycles. The van der Waals surface area contributed by atoms with Crippen LogP contribution in [0.25, 0.3) is 0 Å². The van der Waals surface area contributed by atoms with E-state index in [0.717, 1.165) is 21.6 Å². The van der Waals surface area contributed by atoms with E-state index in [-0.39, 0.29) is 11.9 Å². The molecular formula is C15H16BrNO2S. The van der Waals surface area contributed by atoms with Crippen LogP contribution in [0.3, 0.4) is 0 Å². The summed E-state index contributed by atoms with van der Waals surface area (Å²) in [7, 11) is 0. The molecule has 1 N–H and O–H groups in total. The summed E-state index contributed by atoms with van der Waals surface area (Å²) in [4.78, 5) is 12.9. The third kappa shape index (κ3) is 3.27. The molecule has 0 saturated heterocycles. The average Bonchev–Trinajstić information content (AvgIpc) is 2.68. The lowest BCUT2D eigenvalue weighted by Crippen LogP contribution is -2.27. The summed E-state index contributed by atoms with van der Waals surface area (Å²) in [5.74, 6) is 1.53. The summed E-state index contributed by atoms with van der Waals surface area (Å²) in [6, 6.07) is 7.21. The second-order valence-corrected chi connectivity index (χ2v) is 6.12. The molecule has 0 saturated carbocycles. The molecule has 5 heteroatoms. The number of furan rings is 1. The molecule has 3 nitrogen and oxygen atoms in total. The third-order valence-corrected chi connectivity index (χ3v) is 3.96. The molecule has 106 valence electrons. The van der Waals surface area contributed by atoms with Gasteiger partial charge in [0.2, 0.25) is 0 Å². The van der Waals surface area contributed by atoms with Gasteiger partial charge in [-0.05, 0) is 45.0 Å². The Bertz CT molecular complexity index is 651. The van der Waals surface area contributed by atoms with Crippen molar-refractivity contribution in [1.29, 1.82) is 0 Å². The van der Waals surface area contributed by atoms with Crippen LogP contribution < -0.4 is 5.32 Å². The number of aryl methyl sites for hydroxylation is 2. The maximum atomic E-state index is 12.3. The second-order valence-electron chi connectivity index (χ2n) is 4.73. The minimum absolute atomic E-state index is 0.115. The Morgan fingerprint density at radius 3 is 2.60 bits per heavy atom. The van der Waals surface area contributed by atoms with Crippen LogP contribution in [0.15, 0.2) is 38.1 Å². The van der Waals surface area contributed by atoms with Crippen LogP contribution in [0.4, 0.5) is 0 Å². The van der Waals surface area contributed by atoms with Crippen molar-refractivity contribution in [2.24, 2.45) is 0 Å². The fourth-order valence-corrected chi connectivity index (χ4v) is 2.98. The normalized spacial score (nSPS) is 12.2. The highest BCUT2D eigenvalue weighted by atomic mass is 79.9. The molecule has 0 aliphatic heterocycles. The summed E-state index contributed by atoms with van der Waals surface area (Å²) < 4.78 is 6.39. The molecule has 0 radical (unpaired) electrons. The molecule has 0 spiro atoms. The van der Waals surface area contributed by atoms with Gasteiger partial charge in [0.25, 0.3) is 5.91 Å². The lowest BCUT2D eigenvalue weighted by atomic mass is 10.1. The van der Waals surface area contributed by atoms with Crippen molar-refractivity contribution in [2.75, 3.05) is 0 Å². The quantitative estimate of drug-likeness (QED) is 0.801. The van der Waals surface area contributed by atoms with Crippen LogP contribution in [0.5, 0.6) is 0 Å². The van der Waals surface area contributed by atoms with Gasteiger partial charge in [-0.3, -0.25) is 4.79 Å². The van der Waals surface area contributed by atoms with Gasteiger partial charge >= 0.3 is 0 Å². The molecule has 1 heterocycles. The SMILES string of the molecule is Cc1cc(C(C)NC(=O)c2ccc(Br)cc2S)c(C)o1. The Balaban J connectivity index is 2.17. The number of amides is 1. The number of halogens is 1. The standard InChI is InChI=1S/C15H16BrNO2S/c1-8-6-13(10(3)19-8)9(2)17-15(18)12-5-4-11(16)7-14(12)20/h4-7,9,20H,1-3H3,(H,17,18). The van der Waals surface area contributed by atoms with Gasteiger partial charge in [-0.2, -0.15) is 0 Å². The number of hydrogen-bond donors (Lipinski definition) is 2. The van der Waals surface area contributed by atoms with Crippen molar-refractivity contribution >= 4 is 34.5 Å². The third-order valence-electron chi connectivity index (χ3n) is 3.10. The van der Waals surface area contributed by atoms with E-state index < -0.39 is 0 Å². The number of thiol groups is 1. The summed E-state index contributed by atoms with van der Waals surface area (Å²) in [6.07, 6.45) is 0. The number of hydrogen-bond acceptors (Lipinski definition) is 3. The first-order chi connectivity index (χ1) is 9.38. The predicted octanol–water partition coefficient (Wildman–Crippen LogP) is 4.44. The van der Waals surface area contributed by atoms with Crippen molar-refractivity contribution in [3.63, 3.8) is 0 Å². The molecule has 1 aromatic carbocycles. The first kappa shape index (κ1) is 15.2. The van der Waals surface area contributed by atoms with Crippen molar-refractivity contribution in [3.8, 4) is 0 Å². The van der Waals surface area contributed by atoms with Crippen molar-refractivity contribution in [1.82, 2.24) is 5.32 Å². The number of benzene rings is 1. The maximum Gasteiger partial charge on any atom is 0.252 e. The Morgan fingerprint density at radius 1 is 1.35 bits per heavy atom. The zero-order valence-electron chi connectivity index (χ0n) is 11.5. The highest BCUT2D eigenvalue weighted by Crippen LogP contribution is 2.23. The summed E-state index contributed by atoms with van der Waals surface area (Å²) in [5, 5.41) is 2.96. The molecule has 1 atom stereocenters. The smallest absolute Gasteiger partial charge is 0.252 e. The Labute approximate surface area is 132 Å². The number of rotatable bonds is 3. The minimum atomic E-state index is -0.145. The Morgan fingerprint density at radius 2 is 2.05 bits per heavy atom. The van der Waals surface area contributed by atoms with Crippen LogP contribution in [0.2, 0.25) is 0 Å². The largest absolute Gasteiger partial charge is 0.466 e. The van der Waals surface area contributed by atoms with Gasteiger partial charge in [-0.1, -0.05) is 15.9 Å². The molecule has 1 unspecified atom stereocenters. The Hall–Kier alpha value is -1.20. The van der Waals surface area contributed by atoms with E-state index in [2.05, 4.69) is 33.9 Å². The lowest BCUT2D eigenvalue weighted by molar-refractivity contribution is 0.0937. The van der Waals surface area contributed by atoms with E-state index in [1.807, 2.05) is 32.9 Å². The number of carbonyl (C=O) groups is 1. The molecule has 2 rings (SSSR count). The van der Waals surface area contributed by atoms with Crippen LogP contribution in [0.1, 0.15) is 40.4 Å². The molecule has 0 fully saturated rings. The first-order valence-electron chi connectivity index (χ1n) is 6.25. The molecule has 20 heavy (non-hydrogen) atoms. The topological polar surface area (TPSA) is 42.2 Å². The molecule has 1 amide bonds. The molecule has 0 aliphatic rings. The van der Waals surface area contributed by atoms with Gasteiger partial charge in [-0.25, -0.2) is 0 Å². The average molecular weight is 354 g/mol.